The van der Waals surface area contributed by atoms with Gasteiger partial charge in [0.05, 0.1) is 11.3 Å². The number of ether oxygens (including phenoxy) is 2. The second-order valence-electron chi connectivity index (χ2n) is 11.2. The maximum Gasteiger partial charge on any atom is 0.338 e. The molecule has 1 saturated carbocycles. The molecule has 0 saturated heterocycles. The Labute approximate surface area is 224 Å². The van der Waals surface area contributed by atoms with Crippen LogP contribution in [0.5, 0.6) is 5.75 Å². The van der Waals surface area contributed by atoms with Crippen molar-refractivity contribution in [3.63, 3.8) is 0 Å². The number of carbonyl (C=O) groups is 2. The fraction of sp³-hybridized carbons (Fsp3) is 0.333. The monoisotopic (exact) mass is 509 g/mol. The minimum Gasteiger partial charge on any atom is -0.489 e. The van der Waals surface area contributed by atoms with Gasteiger partial charge in [-0.15, -0.1) is 0 Å². The number of hydrogen-bond donors (Lipinski definition) is 1. The molecule has 5 heteroatoms. The smallest absolute Gasteiger partial charge is 0.338 e. The van der Waals surface area contributed by atoms with E-state index in [1.54, 1.807) is 0 Å². The lowest BCUT2D eigenvalue weighted by atomic mass is 9.81. The summed E-state index contributed by atoms with van der Waals surface area (Å²) >= 11 is 0. The van der Waals surface area contributed by atoms with E-state index in [9.17, 15) is 9.59 Å². The summed E-state index contributed by atoms with van der Waals surface area (Å²) in [5, 5.41) is 1.10. The zero-order chi connectivity index (χ0) is 26.7. The number of esters is 1. The van der Waals surface area contributed by atoms with Crippen LogP contribution in [0, 0.1) is 0 Å². The normalized spacial score (nSPS) is 14.4. The first-order valence-corrected chi connectivity index (χ1v) is 13.5. The van der Waals surface area contributed by atoms with Crippen LogP contribution in [-0.4, -0.2) is 22.8 Å². The van der Waals surface area contributed by atoms with E-state index in [2.05, 4.69) is 4.98 Å². The number of carbonyl (C=O) groups excluding carboxylic acids is 2. The second-order valence-corrected chi connectivity index (χ2v) is 11.2. The lowest BCUT2D eigenvalue weighted by molar-refractivity contribution is 0.00696. The van der Waals surface area contributed by atoms with Crippen LogP contribution in [0.25, 0.3) is 22.2 Å². The minimum atomic E-state index is -0.566. The highest BCUT2D eigenvalue weighted by atomic mass is 16.6. The van der Waals surface area contributed by atoms with E-state index in [4.69, 9.17) is 9.47 Å². The predicted molar refractivity (Wildman–Crippen MR) is 151 cm³/mol. The van der Waals surface area contributed by atoms with Gasteiger partial charge in [0.2, 0.25) is 0 Å². The lowest BCUT2D eigenvalue weighted by Gasteiger charge is -2.23. The van der Waals surface area contributed by atoms with Crippen LogP contribution >= 0.6 is 0 Å². The van der Waals surface area contributed by atoms with Crippen LogP contribution in [-0.2, 0) is 11.3 Å². The van der Waals surface area contributed by atoms with Gasteiger partial charge in [-0.1, -0.05) is 55.7 Å². The van der Waals surface area contributed by atoms with E-state index >= 15 is 0 Å². The molecule has 0 spiro atoms. The molecule has 0 bridgehead atoms. The predicted octanol–water partition coefficient (Wildman–Crippen LogP) is 8.23. The molecule has 38 heavy (non-hydrogen) atoms. The van der Waals surface area contributed by atoms with Gasteiger partial charge in [-0.2, -0.15) is 0 Å². The molecule has 1 aromatic heterocycles. The van der Waals surface area contributed by atoms with Crippen molar-refractivity contribution >= 4 is 23.2 Å². The first kappa shape index (κ1) is 25.8. The first-order valence-electron chi connectivity index (χ1n) is 13.5. The average molecular weight is 510 g/mol. The maximum absolute atomic E-state index is 12.8. The van der Waals surface area contributed by atoms with Crippen LogP contribution < -0.4 is 4.74 Å². The highest BCUT2D eigenvalue weighted by molar-refractivity contribution is 6.00. The van der Waals surface area contributed by atoms with E-state index in [-0.39, 0.29) is 5.97 Å². The van der Waals surface area contributed by atoms with Gasteiger partial charge in [-0.05, 0) is 81.0 Å². The summed E-state index contributed by atoms with van der Waals surface area (Å²) in [6, 6.07) is 21.4. The number of aldehydes is 1. The van der Waals surface area contributed by atoms with E-state index in [0.29, 0.717) is 29.4 Å². The van der Waals surface area contributed by atoms with Crippen molar-refractivity contribution in [1.29, 1.82) is 0 Å². The molecule has 1 N–H and O–H groups in total. The van der Waals surface area contributed by atoms with Crippen LogP contribution in [0.4, 0.5) is 0 Å². The summed E-state index contributed by atoms with van der Waals surface area (Å²) in [6.45, 7) is 6.04. The number of aromatic nitrogens is 1. The third kappa shape index (κ3) is 5.67. The Kier molecular flexibility index (Phi) is 7.37. The summed E-state index contributed by atoms with van der Waals surface area (Å²) in [5.41, 5.74) is 5.50. The van der Waals surface area contributed by atoms with Gasteiger partial charge in [0.25, 0.3) is 0 Å². The third-order valence-corrected chi connectivity index (χ3v) is 7.15. The highest BCUT2D eigenvalue weighted by Gasteiger charge is 2.26. The second kappa shape index (κ2) is 10.9. The first-order chi connectivity index (χ1) is 18.3. The summed E-state index contributed by atoms with van der Waals surface area (Å²) in [6.07, 6.45) is 6.76. The molecule has 1 aliphatic carbocycles. The van der Waals surface area contributed by atoms with Crippen molar-refractivity contribution in [2.75, 3.05) is 0 Å². The lowest BCUT2D eigenvalue weighted by Crippen LogP contribution is -2.23. The molecule has 0 aliphatic heterocycles. The van der Waals surface area contributed by atoms with Gasteiger partial charge >= 0.3 is 5.97 Å². The number of rotatable bonds is 7. The number of benzene rings is 3. The van der Waals surface area contributed by atoms with Gasteiger partial charge in [-0.25, -0.2) is 4.79 Å². The van der Waals surface area contributed by atoms with Crippen LogP contribution in [0.15, 0.2) is 66.7 Å². The van der Waals surface area contributed by atoms with Crippen LogP contribution in [0.3, 0.4) is 0 Å². The summed E-state index contributed by atoms with van der Waals surface area (Å²) in [7, 11) is 0. The summed E-state index contributed by atoms with van der Waals surface area (Å²) in [5.74, 6) is 0.707. The molecular weight excluding hydrogens is 474 g/mol. The molecule has 1 fully saturated rings. The molecule has 196 valence electrons. The standard InChI is InChI=1S/C33H35NO4/c1-33(2,3)38-32(36)24-14-16-28-29(19-24)34-31(30(28)23-12-8-5-9-13-23)27-17-15-26(18-25(27)20-35)37-21-22-10-6-4-7-11-22/h4,6-7,10-11,14-20,23,34H,5,8-9,12-13,21H2,1-3H3. The molecule has 1 heterocycles. The Balaban J connectivity index is 1.54. The molecule has 5 nitrogen and oxygen atoms in total. The Morgan fingerprint density at radius 2 is 1.74 bits per heavy atom. The zero-order valence-electron chi connectivity index (χ0n) is 22.4. The Bertz CT molecular complexity index is 1440. The fourth-order valence-corrected chi connectivity index (χ4v) is 5.41. The maximum atomic E-state index is 12.8. The van der Waals surface area contributed by atoms with Crippen LogP contribution in [0.1, 0.15) is 90.6 Å². The highest BCUT2D eigenvalue weighted by Crippen LogP contribution is 2.43. The van der Waals surface area contributed by atoms with Crippen molar-refractivity contribution in [3.05, 3.63) is 89.0 Å². The molecule has 5 rings (SSSR count). The van der Waals surface area contributed by atoms with Gasteiger partial charge in [-0.3, -0.25) is 4.79 Å². The molecular formula is C33H35NO4. The number of aromatic amines is 1. The molecule has 3 aromatic carbocycles. The molecule has 0 amide bonds. The van der Waals surface area contributed by atoms with Crippen molar-refractivity contribution in [1.82, 2.24) is 4.98 Å². The van der Waals surface area contributed by atoms with Crippen molar-refractivity contribution in [2.24, 2.45) is 0 Å². The summed E-state index contributed by atoms with van der Waals surface area (Å²) < 4.78 is 11.6. The van der Waals surface area contributed by atoms with Gasteiger partial charge in [0, 0.05) is 22.0 Å². The van der Waals surface area contributed by atoms with Crippen molar-refractivity contribution in [3.8, 4) is 17.0 Å². The molecule has 4 aromatic rings. The third-order valence-electron chi connectivity index (χ3n) is 7.15. The Morgan fingerprint density at radius 3 is 2.45 bits per heavy atom. The Morgan fingerprint density at radius 1 is 0.974 bits per heavy atom. The molecule has 0 unspecified atom stereocenters. The minimum absolute atomic E-state index is 0.344. The average Bonchev–Trinajstić information content (AvgIpc) is 3.30. The van der Waals surface area contributed by atoms with Gasteiger partial charge < -0.3 is 14.5 Å². The number of fused-ring (bicyclic) bond motifs is 1. The van der Waals surface area contributed by atoms with E-state index in [1.165, 1.54) is 24.8 Å². The largest absolute Gasteiger partial charge is 0.489 e. The Hall–Kier alpha value is -3.86. The molecule has 1 aliphatic rings. The number of nitrogens with one attached hydrogen (secondary N) is 1. The molecule has 0 radical (unpaired) electrons. The van der Waals surface area contributed by atoms with Crippen LogP contribution in [0.2, 0.25) is 0 Å². The van der Waals surface area contributed by atoms with Gasteiger partial charge in [0.1, 0.15) is 18.0 Å². The van der Waals surface area contributed by atoms with E-state index in [0.717, 1.165) is 46.9 Å². The SMILES string of the molecule is CC(C)(C)OC(=O)c1ccc2c(C3CCCCC3)c(-c3ccc(OCc4ccccc4)cc3C=O)[nH]c2c1. The topological polar surface area (TPSA) is 68.4 Å². The van der Waals surface area contributed by atoms with Crippen molar-refractivity contribution in [2.45, 2.75) is 71.0 Å². The fourth-order valence-electron chi connectivity index (χ4n) is 5.41. The number of hydrogen-bond acceptors (Lipinski definition) is 4. The van der Waals surface area contributed by atoms with E-state index < -0.39 is 5.60 Å². The quantitative estimate of drug-likeness (QED) is 0.201. The van der Waals surface area contributed by atoms with Crippen molar-refractivity contribution < 1.29 is 19.1 Å². The number of H-pyrrole nitrogens is 1. The van der Waals surface area contributed by atoms with Gasteiger partial charge in [0.15, 0.2) is 6.29 Å². The summed E-state index contributed by atoms with van der Waals surface area (Å²) in [4.78, 5) is 28.6. The molecule has 0 atom stereocenters. The zero-order valence-corrected chi connectivity index (χ0v) is 22.4. The van der Waals surface area contributed by atoms with E-state index in [1.807, 2.05) is 87.5 Å².